The quantitative estimate of drug-likeness (QED) is 0.227. The van der Waals surface area contributed by atoms with Crippen molar-refractivity contribution in [1.82, 2.24) is 15.1 Å². The maximum Gasteiger partial charge on any atom is 0.407 e. The number of rotatable bonds is 12. The number of carbonyl (C=O) groups is 1. The number of ether oxygens (including phenoxy) is 3. The fourth-order valence-electron chi connectivity index (χ4n) is 6.95. The van der Waals surface area contributed by atoms with Crippen molar-refractivity contribution in [3.05, 3.63) is 108 Å². The van der Waals surface area contributed by atoms with E-state index in [2.05, 4.69) is 70.2 Å². The number of hydrogen-bond donors (Lipinski definition) is 2. The summed E-state index contributed by atoms with van der Waals surface area (Å²) in [6.07, 6.45) is 6.49. The molecule has 3 aromatic carbocycles. The lowest BCUT2D eigenvalue weighted by Gasteiger charge is -2.39. The van der Waals surface area contributed by atoms with Gasteiger partial charge in [-0.25, -0.2) is 4.79 Å². The van der Waals surface area contributed by atoms with Crippen LogP contribution in [0.25, 0.3) is 11.1 Å². The number of aliphatic hydroxyl groups is 1. The molecule has 3 fully saturated rings. The van der Waals surface area contributed by atoms with Gasteiger partial charge in [0.15, 0.2) is 6.29 Å². The molecule has 3 aromatic rings. The number of benzene rings is 3. The molecular weight excluding hydrogens is 578 g/mol. The van der Waals surface area contributed by atoms with Gasteiger partial charge in [-0.15, -0.1) is 0 Å². The van der Waals surface area contributed by atoms with Crippen molar-refractivity contribution >= 4 is 6.09 Å². The summed E-state index contributed by atoms with van der Waals surface area (Å²) < 4.78 is 18.4. The van der Waals surface area contributed by atoms with Crippen LogP contribution in [0.1, 0.15) is 66.8 Å². The van der Waals surface area contributed by atoms with Gasteiger partial charge in [0.05, 0.1) is 18.8 Å². The minimum Gasteiger partial charge on any atom is -0.445 e. The zero-order valence-electron chi connectivity index (χ0n) is 26.7. The summed E-state index contributed by atoms with van der Waals surface area (Å²) in [5, 5.41) is 12.3. The molecule has 6 rings (SSSR count). The third-order valence-corrected chi connectivity index (χ3v) is 9.43. The fraction of sp³-hybridized carbons (Fsp3) is 0.447. The number of hydrogen-bond acceptors (Lipinski definition) is 7. The van der Waals surface area contributed by atoms with Gasteiger partial charge < -0.3 is 29.5 Å². The molecule has 8 heteroatoms. The molecular formula is C38H47N3O5. The van der Waals surface area contributed by atoms with E-state index in [9.17, 15) is 9.90 Å². The average molecular weight is 626 g/mol. The Hall–Kier alpha value is -3.53. The SMILES string of the molecule is C=CCOC(=O)NCc1cccc(-c2ccc([C@H]3O[C@@H](CN4CCC[C@H]4CN4CCCC4)C[C@@H](c4ccc(CO)cc4)O3)cc2)c1. The lowest BCUT2D eigenvalue weighted by molar-refractivity contribution is -0.253. The third-order valence-electron chi connectivity index (χ3n) is 9.43. The molecule has 3 heterocycles. The van der Waals surface area contributed by atoms with Crippen molar-refractivity contribution in [2.75, 3.05) is 39.3 Å². The molecule has 3 aliphatic rings. The normalized spacial score (nSPS) is 23.8. The van der Waals surface area contributed by atoms with E-state index in [-0.39, 0.29) is 25.4 Å². The molecule has 3 aliphatic heterocycles. The van der Waals surface area contributed by atoms with Gasteiger partial charge in [0, 0.05) is 37.7 Å². The summed E-state index contributed by atoms with van der Waals surface area (Å²) in [4.78, 5) is 17.1. The van der Waals surface area contributed by atoms with Gasteiger partial charge in [-0.1, -0.05) is 79.4 Å². The van der Waals surface area contributed by atoms with E-state index in [1.807, 2.05) is 24.3 Å². The fourth-order valence-corrected chi connectivity index (χ4v) is 6.95. The van der Waals surface area contributed by atoms with Gasteiger partial charge in [-0.2, -0.15) is 0 Å². The number of amides is 1. The van der Waals surface area contributed by atoms with Gasteiger partial charge in [0.2, 0.25) is 0 Å². The van der Waals surface area contributed by atoms with Crippen LogP contribution in [-0.4, -0.2) is 72.5 Å². The van der Waals surface area contributed by atoms with Crippen molar-refractivity contribution in [3.8, 4) is 11.1 Å². The van der Waals surface area contributed by atoms with Gasteiger partial charge in [-0.3, -0.25) is 4.90 Å². The van der Waals surface area contributed by atoms with E-state index in [0.717, 1.165) is 59.4 Å². The van der Waals surface area contributed by atoms with E-state index in [0.29, 0.717) is 12.6 Å². The van der Waals surface area contributed by atoms with Crippen molar-refractivity contribution in [3.63, 3.8) is 0 Å². The molecule has 2 N–H and O–H groups in total. The smallest absolute Gasteiger partial charge is 0.407 e. The van der Waals surface area contributed by atoms with Crippen LogP contribution in [-0.2, 0) is 27.4 Å². The van der Waals surface area contributed by atoms with Crippen LogP contribution < -0.4 is 5.32 Å². The molecule has 0 unspecified atom stereocenters. The van der Waals surface area contributed by atoms with E-state index in [1.54, 1.807) is 6.08 Å². The molecule has 4 atom stereocenters. The topological polar surface area (TPSA) is 83.5 Å². The summed E-state index contributed by atoms with van der Waals surface area (Å²) in [6.45, 7) is 9.81. The van der Waals surface area contributed by atoms with Crippen LogP contribution in [0.3, 0.4) is 0 Å². The number of aliphatic hydroxyl groups excluding tert-OH is 1. The predicted molar refractivity (Wildman–Crippen MR) is 179 cm³/mol. The molecule has 0 aliphatic carbocycles. The molecule has 0 radical (unpaired) electrons. The van der Waals surface area contributed by atoms with Crippen LogP contribution in [0.5, 0.6) is 0 Å². The number of alkyl carbamates (subject to hydrolysis) is 1. The molecule has 8 nitrogen and oxygen atoms in total. The van der Waals surface area contributed by atoms with Crippen LogP contribution in [0.4, 0.5) is 4.79 Å². The van der Waals surface area contributed by atoms with E-state index >= 15 is 0 Å². The monoisotopic (exact) mass is 625 g/mol. The number of nitrogens with one attached hydrogen (secondary N) is 1. The Labute approximate surface area is 273 Å². The van der Waals surface area contributed by atoms with Crippen molar-refractivity contribution in [2.45, 2.75) is 69.8 Å². The minimum atomic E-state index is -0.480. The minimum absolute atomic E-state index is 0.0293. The van der Waals surface area contributed by atoms with Gasteiger partial charge >= 0.3 is 6.09 Å². The Bertz CT molecular complexity index is 1420. The third kappa shape index (κ3) is 8.43. The second-order valence-corrected chi connectivity index (χ2v) is 12.7. The van der Waals surface area contributed by atoms with Gasteiger partial charge in [0.25, 0.3) is 0 Å². The van der Waals surface area contributed by atoms with Crippen LogP contribution >= 0.6 is 0 Å². The summed E-state index contributed by atoms with van der Waals surface area (Å²) in [6, 6.07) is 25.2. The second kappa shape index (κ2) is 15.8. The zero-order valence-corrected chi connectivity index (χ0v) is 26.7. The Morgan fingerprint density at radius 2 is 1.70 bits per heavy atom. The maximum atomic E-state index is 11.8. The van der Waals surface area contributed by atoms with Crippen molar-refractivity contribution in [2.24, 2.45) is 0 Å². The largest absolute Gasteiger partial charge is 0.445 e. The molecule has 0 saturated carbocycles. The molecule has 46 heavy (non-hydrogen) atoms. The molecule has 0 aromatic heterocycles. The number of nitrogens with zero attached hydrogens (tertiary/aromatic N) is 2. The highest BCUT2D eigenvalue weighted by atomic mass is 16.7. The average Bonchev–Trinajstić information content (AvgIpc) is 3.79. The first kappa shape index (κ1) is 32.4. The zero-order chi connectivity index (χ0) is 31.7. The Kier molecular flexibility index (Phi) is 11.2. The van der Waals surface area contributed by atoms with E-state index in [1.165, 1.54) is 38.8 Å². The predicted octanol–water partition coefficient (Wildman–Crippen LogP) is 6.36. The van der Waals surface area contributed by atoms with Gasteiger partial charge in [-0.05, 0) is 79.2 Å². The van der Waals surface area contributed by atoms with Crippen molar-refractivity contribution < 1.29 is 24.1 Å². The van der Waals surface area contributed by atoms with E-state index < -0.39 is 12.4 Å². The lowest BCUT2D eigenvalue weighted by atomic mass is 9.98. The van der Waals surface area contributed by atoms with Crippen LogP contribution in [0.2, 0.25) is 0 Å². The highest BCUT2D eigenvalue weighted by Crippen LogP contribution is 2.39. The first-order chi connectivity index (χ1) is 22.6. The van der Waals surface area contributed by atoms with Gasteiger partial charge in [0.1, 0.15) is 6.61 Å². The number of carbonyl (C=O) groups excluding carboxylic acids is 1. The molecule has 0 spiro atoms. The summed E-state index contributed by atoms with van der Waals surface area (Å²) in [7, 11) is 0. The Morgan fingerprint density at radius 1 is 0.913 bits per heavy atom. The standard InChI is InChI=1S/C38H47N3O5/c1-2-21-44-38(43)39-24-29-7-5-8-33(22-29)30-14-16-32(17-15-30)37-45-35(23-36(46-37)31-12-10-28(27-42)11-13-31)26-41-20-6-9-34(41)25-40-18-3-4-19-40/h2,5,7-8,10-17,22,34-37,42H,1,3-4,6,9,18-21,23-27H2,(H,39,43)/t34-,35+,36-,37-/m0/s1. The Morgan fingerprint density at radius 3 is 2.46 bits per heavy atom. The van der Waals surface area contributed by atoms with E-state index in [4.69, 9.17) is 14.2 Å². The Balaban J connectivity index is 1.15. The summed E-state index contributed by atoms with van der Waals surface area (Å²) in [5.41, 5.74) is 6.12. The second-order valence-electron chi connectivity index (χ2n) is 12.7. The lowest BCUT2D eigenvalue weighted by Crippen LogP contribution is -2.45. The summed E-state index contributed by atoms with van der Waals surface area (Å²) in [5.74, 6) is 0. The maximum absolute atomic E-state index is 11.8. The highest BCUT2D eigenvalue weighted by Gasteiger charge is 2.36. The molecule has 244 valence electrons. The summed E-state index contributed by atoms with van der Waals surface area (Å²) >= 11 is 0. The first-order valence-electron chi connectivity index (χ1n) is 16.8. The molecule has 0 bridgehead atoms. The van der Waals surface area contributed by atoms with Crippen LogP contribution in [0, 0.1) is 0 Å². The molecule has 3 saturated heterocycles. The highest BCUT2D eigenvalue weighted by molar-refractivity contribution is 5.68. The number of likely N-dealkylation sites (tertiary alicyclic amines) is 2. The van der Waals surface area contributed by atoms with Crippen molar-refractivity contribution in [1.29, 1.82) is 0 Å². The van der Waals surface area contributed by atoms with Crippen LogP contribution in [0.15, 0.2) is 85.5 Å². The first-order valence-corrected chi connectivity index (χ1v) is 16.8. The molecule has 1 amide bonds.